The highest BCUT2D eigenvalue weighted by Crippen LogP contribution is 2.45. The van der Waals surface area contributed by atoms with Gasteiger partial charge in [-0.3, -0.25) is 37.3 Å². The molecule has 0 rings (SSSR count). The number of carbonyl (C=O) groups is 4. The monoisotopic (exact) mass is 1600 g/mol. The molecule has 112 heavy (non-hydrogen) atoms. The van der Waals surface area contributed by atoms with E-state index in [2.05, 4.69) is 222 Å². The molecule has 0 radical (unpaired) electrons. The summed E-state index contributed by atoms with van der Waals surface area (Å²) in [6.45, 7) is 4.35. The molecule has 0 heterocycles. The summed E-state index contributed by atoms with van der Waals surface area (Å²) in [6.07, 6.45) is 104. The van der Waals surface area contributed by atoms with E-state index in [0.717, 1.165) is 193 Å². The maximum absolute atomic E-state index is 13.2. The van der Waals surface area contributed by atoms with Crippen LogP contribution in [0.2, 0.25) is 0 Å². The summed E-state index contributed by atoms with van der Waals surface area (Å²) >= 11 is 0. The van der Waals surface area contributed by atoms with Gasteiger partial charge < -0.3 is 33.8 Å². The number of esters is 4. The molecule has 5 unspecified atom stereocenters. The Kier molecular flexibility index (Phi) is 77.9. The molecule has 0 saturated carbocycles. The van der Waals surface area contributed by atoms with Crippen LogP contribution >= 0.6 is 15.6 Å². The minimum Gasteiger partial charge on any atom is -0.462 e. The van der Waals surface area contributed by atoms with Gasteiger partial charge in [0.1, 0.15) is 19.3 Å². The van der Waals surface area contributed by atoms with Crippen LogP contribution in [0.25, 0.3) is 0 Å². The van der Waals surface area contributed by atoms with Crippen LogP contribution < -0.4 is 0 Å². The van der Waals surface area contributed by atoms with Crippen LogP contribution in [0.3, 0.4) is 0 Å². The van der Waals surface area contributed by atoms with Crippen molar-refractivity contribution in [3.05, 3.63) is 207 Å². The van der Waals surface area contributed by atoms with Gasteiger partial charge >= 0.3 is 39.5 Å². The number of allylic oxidation sites excluding steroid dienone is 34. The number of aliphatic hydroxyl groups is 1. The van der Waals surface area contributed by atoms with E-state index < -0.39 is 97.5 Å². The van der Waals surface area contributed by atoms with Crippen molar-refractivity contribution in [3.63, 3.8) is 0 Å². The van der Waals surface area contributed by atoms with Gasteiger partial charge in [0.25, 0.3) is 0 Å². The van der Waals surface area contributed by atoms with Gasteiger partial charge in [0, 0.05) is 25.7 Å². The fourth-order valence-corrected chi connectivity index (χ4v) is 12.0. The molecule has 632 valence electrons. The minimum atomic E-state index is -5.02. The first-order chi connectivity index (χ1) is 54.7. The highest BCUT2D eigenvalue weighted by Gasteiger charge is 2.30. The molecule has 3 N–H and O–H groups in total. The normalized spacial score (nSPS) is 14.8. The lowest BCUT2D eigenvalue weighted by molar-refractivity contribution is -0.161. The van der Waals surface area contributed by atoms with Crippen LogP contribution in [0.15, 0.2) is 207 Å². The van der Waals surface area contributed by atoms with Gasteiger partial charge in [-0.1, -0.05) is 292 Å². The molecule has 0 aliphatic carbocycles. The first-order valence-corrected chi connectivity index (χ1v) is 45.3. The quantitative estimate of drug-likeness (QED) is 0.0169. The molecule has 0 aliphatic rings. The Bertz CT molecular complexity index is 2940. The molecule has 0 aromatic heterocycles. The van der Waals surface area contributed by atoms with Crippen molar-refractivity contribution >= 4 is 39.5 Å². The summed E-state index contributed by atoms with van der Waals surface area (Å²) in [5.74, 6) is -2.34. The van der Waals surface area contributed by atoms with Gasteiger partial charge in [-0.25, -0.2) is 9.13 Å². The minimum absolute atomic E-state index is 0.0451. The lowest BCUT2D eigenvalue weighted by Gasteiger charge is -2.21. The average molecular weight is 1600 g/mol. The molecule has 17 nitrogen and oxygen atoms in total. The summed E-state index contributed by atoms with van der Waals surface area (Å²) in [5, 5.41) is 10.7. The SMILES string of the molecule is CC/C=C\C/C=C\C/C=C\C/C=C\C/C=C\CCCCCC(=O)OCC(COP(=O)(O)OCC(O)COP(=O)(O)OCC(COC(=O)CCC/C=C\C/C=C\C/C=C\C/C=C\C/C=C\CC)OC(=O)CCCCCC/C=C\C/C=C\C/C=C\C/C=C\CC)OC(=O)CCCCCCCC/C=C\C/C=C\C/C=C\CCCCC. The lowest BCUT2D eigenvalue weighted by Crippen LogP contribution is -2.30. The molecule has 0 saturated heterocycles. The Morgan fingerprint density at radius 1 is 0.259 bits per heavy atom. The van der Waals surface area contributed by atoms with E-state index in [9.17, 15) is 43.2 Å². The van der Waals surface area contributed by atoms with E-state index in [1.165, 1.54) is 19.3 Å². The number of hydrogen-bond donors (Lipinski definition) is 3. The number of aliphatic hydroxyl groups excluding tert-OH is 1. The van der Waals surface area contributed by atoms with E-state index in [-0.39, 0.29) is 25.7 Å². The highest BCUT2D eigenvalue weighted by atomic mass is 31.2. The average Bonchev–Trinajstić information content (AvgIpc) is 0.898. The first-order valence-electron chi connectivity index (χ1n) is 42.3. The molecule has 0 amide bonds. The van der Waals surface area contributed by atoms with E-state index in [0.29, 0.717) is 32.1 Å². The molecular formula is C93H148O17P2. The van der Waals surface area contributed by atoms with Gasteiger partial charge in [0.05, 0.1) is 26.4 Å². The zero-order valence-corrected chi connectivity index (χ0v) is 71.0. The molecule has 0 aromatic rings. The Balaban J connectivity index is 5.53. The van der Waals surface area contributed by atoms with Crippen LogP contribution in [0.5, 0.6) is 0 Å². The van der Waals surface area contributed by atoms with Gasteiger partial charge in [0.15, 0.2) is 12.2 Å². The Labute approximate surface area is 678 Å². The van der Waals surface area contributed by atoms with Crippen molar-refractivity contribution in [1.29, 1.82) is 0 Å². The number of rotatable bonds is 77. The Morgan fingerprint density at radius 3 is 0.759 bits per heavy atom. The van der Waals surface area contributed by atoms with Crippen LogP contribution in [-0.4, -0.2) is 96.7 Å². The fraction of sp³-hybridized carbons (Fsp3) is 0.591. The summed E-state index contributed by atoms with van der Waals surface area (Å²) in [5.41, 5.74) is 0. The van der Waals surface area contributed by atoms with Gasteiger partial charge in [0.2, 0.25) is 0 Å². The first kappa shape index (κ1) is 106. The molecule has 5 atom stereocenters. The number of unbranched alkanes of at least 4 members (excludes halogenated alkanes) is 17. The van der Waals surface area contributed by atoms with Crippen molar-refractivity contribution in [2.45, 2.75) is 316 Å². The zero-order chi connectivity index (χ0) is 81.7. The number of hydrogen-bond acceptors (Lipinski definition) is 15. The predicted octanol–water partition coefficient (Wildman–Crippen LogP) is 25.4. The van der Waals surface area contributed by atoms with Crippen molar-refractivity contribution in [2.75, 3.05) is 39.6 Å². The zero-order valence-electron chi connectivity index (χ0n) is 69.3. The van der Waals surface area contributed by atoms with Gasteiger partial charge in [-0.2, -0.15) is 0 Å². The maximum Gasteiger partial charge on any atom is 0.472 e. The number of phosphoric ester groups is 2. The predicted molar refractivity (Wildman–Crippen MR) is 463 cm³/mol. The van der Waals surface area contributed by atoms with Crippen LogP contribution in [0.4, 0.5) is 0 Å². The van der Waals surface area contributed by atoms with Crippen molar-refractivity contribution < 1.29 is 80.2 Å². The summed E-state index contributed by atoms with van der Waals surface area (Å²) in [4.78, 5) is 73.3. The molecule has 0 aliphatic heterocycles. The van der Waals surface area contributed by atoms with Crippen LogP contribution in [0, 0.1) is 0 Å². The smallest absolute Gasteiger partial charge is 0.462 e. The fourth-order valence-electron chi connectivity index (χ4n) is 10.4. The summed E-state index contributed by atoms with van der Waals surface area (Å²) in [7, 11) is -10.0. The Hall–Kier alpha value is -6.36. The Morgan fingerprint density at radius 2 is 0.473 bits per heavy atom. The van der Waals surface area contributed by atoms with E-state index in [1.807, 2.05) is 12.2 Å². The second kappa shape index (κ2) is 82.6. The van der Waals surface area contributed by atoms with Gasteiger partial charge in [-0.15, -0.1) is 0 Å². The topological polar surface area (TPSA) is 237 Å². The summed E-state index contributed by atoms with van der Waals surface area (Å²) in [6, 6.07) is 0. The highest BCUT2D eigenvalue weighted by molar-refractivity contribution is 7.47. The number of phosphoric acid groups is 2. The lowest BCUT2D eigenvalue weighted by atomic mass is 10.1. The molecule has 0 bridgehead atoms. The van der Waals surface area contributed by atoms with Crippen LogP contribution in [0.1, 0.15) is 297 Å². The molecule has 19 heteroatoms. The molecule has 0 fully saturated rings. The maximum atomic E-state index is 13.2. The summed E-state index contributed by atoms with van der Waals surface area (Å²) < 4.78 is 68.7. The van der Waals surface area contributed by atoms with Crippen molar-refractivity contribution in [2.24, 2.45) is 0 Å². The van der Waals surface area contributed by atoms with E-state index in [1.54, 1.807) is 0 Å². The molecule has 0 spiro atoms. The number of ether oxygens (including phenoxy) is 4. The largest absolute Gasteiger partial charge is 0.472 e. The standard InChI is InChI=1S/C93H148O17P2/c1-5-9-13-17-21-25-29-33-37-41-43-47-50-54-58-62-66-70-74-78-91(96)104-84-89(110-93(98)80-76-72-68-64-60-56-52-48-44-42-38-34-30-26-22-18-14-10-6-2)86-108-112(101,102)106-82-87(94)81-105-111(99,100)107-85-88(109-92(97)79-75-71-67-63-59-55-51-46-40-36-32-28-24-20-16-12-8-4)83-103-90(95)77-73-69-65-61-57-53-49-45-39-35-31-27-23-19-15-11-7-3/h9,11-13,15-16,21-28,33-40,43-44,47-49,51,53-55,58,61,65,87-89,94H,5-8,10,14,17-20,29-32,41-42,45-46,50,52,56-57,59-60,62-64,66-86H2,1-4H3,(H,99,100)(H,101,102)/b13-9-,15-11-,16-12-,25-21-,26-22-,27-23-,28-24-,37-33-,38-34-,39-35-,40-36-,47-43-,48-44-,53-49-,55-51-,58-54-,65-61-. The van der Waals surface area contributed by atoms with Crippen LogP contribution in [-0.2, 0) is 65.4 Å². The molecular weight excluding hydrogens is 1450 g/mol. The second-order valence-electron chi connectivity index (χ2n) is 27.3. The van der Waals surface area contributed by atoms with Gasteiger partial charge in [-0.05, 0) is 186 Å². The van der Waals surface area contributed by atoms with E-state index >= 15 is 0 Å². The third-order valence-electron chi connectivity index (χ3n) is 16.7. The van der Waals surface area contributed by atoms with Crippen molar-refractivity contribution in [1.82, 2.24) is 0 Å². The third-order valence-corrected chi connectivity index (χ3v) is 18.6. The molecule has 0 aromatic carbocycles. The second-order valence-corrected chi connectivity index (χ2v) is 30.2. The number of carbonyl (C=O) groups excluding carboxylic acids is 4. The van der Waals surface area contributed by atoms with E-state index in [4.69, 9.17) is 37.0 Å². The van der Waals surface area contributed by atoms with Crippen molar-refractivity contribution in [3.8, 4) is 0 Å². The third kappa shape index (κ3) is 81.6.